The van der Waals surface area contributed by atoms with Crippen molar-refractivity contribution in [3.05, 3.63) is 34.9 Å². The van der Waals surface area contributed by atoms with Crippen LogP contribution in [0.15, 0.2) is 24.3 Å². The van der Waals surface area contributed by atoms with E-state index in [1.807, 2.05) is 0 Å². The molecule has 0 saturated carbocycles. The fourth-order valence-corrected chi connectivity index (χ4v) is 0.840. The third kappa shape index (κ3) is 2.53. The van der Waals surface area contributed by atoms with Gasteiger partial charge in [-0.05, 0) is 6.07 Å². The summed E-state index contributed by atoms with van der Waals surface area (Å²) in [5, 5.41) is 10.4. The Labute approximate surface area is 79.1 Å². The Morgan fingerprint density at radius 1 is 1.36 bits per heavy atom. The topological polar surface area (TPSA) is 40.1 Å². The molecule has 2 nitrogen and oxygen atoms in total. The van der Waals surface area contributed by atoms with E-state index in [1.54, 1.807) is 12.1 Å². The van der Waals surface area contributed by atoms with Gasteiger partial charge in [-0.3, -0.25) is 0 Å². The first-order valence-electron chi connectivity index (χ1n) is 2.67. The number of carboxylic acids is 1. The summed E-state index contributed by atoms with van der Waals surface area (Å²) in [6.45, 7) is 0. The van der Waals surface area contributed by atoms with Crippen LogP contribution in [0.3, 0.4) is 0 Å². The predicted octanol–water partition coefficient (Wildman–Crippen LogP) is 0.701. The number of carboxylic acid groups (broad SMARTS) is 1. The van der Waals surface area contributed by atoms with Gasteiger partial charge in [0.25, 0.3) is 0 Å². The number of hydrogen-bond donors (Lipinski definition) is 0. The number of benzene rings is 1. The van der Waals surface area contributed by atoms with Gasteiger partial charge in [0, 0.05) is 10.6 Å². The third-order valence-electron chi connectivity index (χ3n) is 1.09. The van der Waals surface area contributed by atoms with E-state index in [1.165, 1.54) is 12.1 Å². The molecule has 0 bridgehead atoms. The molecule has 11 heavy (non-hydrogen) atoms. The van der Waals surface area contributed by atoms with Crippen LogP contribution in [0.25, 0.3) is 0 Å². The minimum Gasteiger partial charge on any atom is -0.545 e. The fraction of sp³-hybridized carbons (Fsp3) is 0. The molecule has 60 valence electrons. The molecule has 4 heteroatoms. The van der Waals surface area contributed by atoms with E-state index in [4.69, 9.17) is 11.6 Å². The Bertz CT molecular complexity index is 262. The van der Waals surface area contributed by atoms with Crippen LogP contribution in [-0.4, -0.2) is 5.97 Å². The molecule has 0 fully saturated rings. The predicted molar refractivity (Wildman–Crippen MR) is 35.8 cm³/mol. The van der Waals surface area contributed by atoms with Crippen LogP contribution in [0.2, 0.25) is 5.02 Å². The summed E-state index contributed by atoms with van der Waals surface area (Å²) < 4.78 is 0. The van der Waals surface area contributed by atoms with Gasteiger partial charge in [0.05, 0.1) is 5.97 Å². The summed E-state index contributed by atoms with van der Waals surface area (Å²) in [5.74, 6) is -1.24. The van der Waals surface area contributed by atoms with Crippen LogP contribution in [0, 0.1) is 0 Å². The molecule has 0 aliphatic rings. The Morgan fingerprint density at radius 2 is 1.91 bits per heavy atom. The largest absolute Gasteiger partial charge is 2.00 e. The maximum absolute atomic E-state index is 10.2. The number of hydrogen-bond acceptors (Lipinski definition) is 2. The maximum Gasteiger partial charge on any atom is 2.00 e. The summed E-state index contributed by atoms with van der Waals surface area (Å²) in [5.41, 5.74) is 0.0316. The second-order valence-electron chi connectivity index (χ2n) is 1.77. The summed E-state index contributed by atoms with van der Waals surface area (Å²) in [6.07, 6.45) is 0. The second kappa shape index (κ2) is 4.37. The van der Waals surface area contributed by atoms with Crippen molar-refractivity contribution in [1.29, 1.82) is 0 Å². The Morgan fingerprint density at radius 3 is 2.27 bits per heavy atom. The molecule has 0 aliphatic heterocycles. The van der Waals surface area contributed by atoms with E-state index in [-0.39, 0.29) is 27.1 Å². The zero-order chi connectivity index (χ0) is 7.56. The molecule has 1 aromatic carbocycles. The molecule has 0 heterocycles. The molecular formula is C7H4ClNiO2+. The van der Waals surface area contributed by atoms with Crippen molar-refractivity contribution >= 4 is 17.6 Å². The number of halogens is 1. The normalized spacial score (nSPS) is 8.45. The van der Waals surface area contributed by atoms with E-state index >= 15 is 0 Å². The Hall–Kier alpha value is -0.526. The van der Waals surface area contributed by atoms with Crippen LogP contribution in [0.4, 0.5) is 0 Å². The molecule has 0 saturated heterocycles. The molecule has 0 amide bonds. The molecule has 0 radical (unpaired) electrons. The number of aromatic carboxylic acids is 1. The van der Waals surface area contributed by atoms with Gasteiger partial charge in [-0.2, -0.15) is 0 Å². The summed E-state index contributed by atoms with van der Waals surface area (Å²) >= 11 is 5.50. The minimum atomic E-state index is -1.24. The summed E-state index contributed by atoms with van der Waals surface area (Å²) in [6, 6.07) is 6.16. The molecule has 0 N–H and O–H groups in total. The van der Waals surface area contributed by atoms with Gasteiger partial charge in [-0.15, -0.1) is 0 Å². The summed E-state index contributed by atoms with van der Waals surface area (Å²) in [4.78, 5) is 10.2. The third-order valence-corrected chi connectivity index (χ3v) is 1.42. The monoisotopic (exact) mass is 213 g/mol. The summed E-state index contributed by atoms with van der Waals surface area (Å²) in [7, 11) is 0. The standard InChI is InChI=1S/C7H5ClO2.Ni/c8-6-4-2-1-3-5(6)7(9)10;/h1-4H,(H,9,10);/q;+2/p-1. The van der Waals surface area contributed by atoms with Crippen molar-refractivity contribution in [3.8, 4) is 0 Å². The van der Waals surface area contributed by atoms with Gasteiger partial charge in [0.1, 0.15) is 0 Å². The molecule has 1 rings (SSSR count). The maximum atomic E-state index is 10.2. The SMILES string of the molecule is O=C([O-])c1ccccc1Cl.[Ni+2]. The first kappa shape index (κ1) is 10.5. The van der Waals surface area contributed by atoms with Crippen molar-refractivity contribution in [2.45, 2.75) is 0 Å². The molecule has 0 atom stereocenters. The van der Waals surface area contributed by atoms with Gasteiger partial charge in [0.2, 0.25) is 0 Å². The van der Waals surface area contributed by atoms with Crippen molar-refractivity contribution < 1.29 is 26.4 Å². The molecule has 1 aromatic rings. The molecule has 0 spiro atoms. The average molecular weight is 214 g/mol. The zero-order valence-electron chi connectivity index (χ0n) is 5.32. The zero-order valence-corrected chi connectivity index (χ0v) is 7.06. The quantitative estimate of drug-likeness (QED) is 0.646. The van der Waals surface area contributed by atoms with Crippen molar-refractivity contribution in [1.82, 2.24) is 0 Å². The fourth-order valence-electron chi connectivity index (χ4n) is 0.627. The van der Waals surface area contributed by atoms with E-state index in [2.05, 4.69) is 0 Å². The van der Waals surface area contributed by atoms with Crippen molar-refractivity contribution in [2.24, 2.45) is 0 Å². The van der Waals surface area contributed by atoms with Crippen LogP contribution in [0.5, 0.6) is 0 Å². The van der Waals surface area contributed by atoms with Gasteiger partial charge >= 0.3 is 16.5 Å². The number of rotatable bonds is 1. The first-order valence-corrected chi connectivity index (χ1v) is 3.05. The van der Waals surface area contributed by atoms with E-state index in [0.717, 1.165) is 0 Å². The number of carbonyl (C=O) groups excluding carboxylic acids is 1. The second-order valence-corrected chi connectivity index (χ2v) is 2.17. The van der Waals surface area contributed by atoms with Crippen LogP contribution < -0.4 is 5.11 Å². The van der Waals surface area contributed by atoms with Crippen LogP contribution in [0.1, 0.15) is 10.4 Å². The van der Waals surface area contributed by atoms with Gasteiger partial charge in [0.15, 0.2) is 0 Å². The van der Waals surface area contributed by atoms with Crippen LogP contribution >= 0.6 is 11.6 Å². The van der Waals surface area contributed by atoms with E-state index in [9.17, 15) is 9.90 Å². The molecular weight excluding hydrogens is 210 g/mol. The van der Waals surface area contributed by atoms with Gasteiger partial charge < -0.3 is 9.90 Å². The van der Waals surface area contributed by atoms with Gasteiger partial charge in [-0.1, -0.05) is 29.8 Å². The molecule has 0 aliphatic carbocycles. The van der Waals surface area contributed by atoms with Crippen molar-refractivity contribution in [3.63, 3.8) is 0 Å². The van der Waals surface area contributed by atoms with E-state index in [0.29, 0.717) is 0 Å². The van der Waals surface area contributed by atoms with E-state index < -0.39 is 5.97 Å². The number of carbonyl (C=O) groups is 1. The van der Waals surface area contributed by atoms with Crippen molar-refractivity contribution in [2.75, 3.05) is 0 Å². The van der Waals surface area contributed by atoms with Gasteiger partial charge in [-0.25, -0.2) is 0 Å². The minimum absolute atomic E-state index is 0. The van der Waals surface area contributed by atoms with Crippen LogP contribution in [-0.2, 0) is 16.5 Å². The average Bonchev–Trinajstić information content (AvgIpc) is 1.88. The first-order chi connectivity index (χ1) is 4.72. The molecule has 0 aromatic heterocycles. The Balaban J connectivity index is 0.000001000. The Kier molecular flexibility index (Phi) is 4.16. The molecule has 0 unspecified atom stereocenters. The smallest absolute Gasteiger partial charge is 0.545 e.